The van der Waals surface area contributed by atoms with Crippen molar-refractivity contribution in [1.82, 2.24) is 10.4 Å². The van der Waals surface area contributed by atoms with E-state index in [0.29, 0.717) is 5.92 Å². The molecule has 0 bridgehead atoms. The Morgan fingerprint density at radius 3 is 3.05 bits per heavy atom. The molecule has 4 nitrogen and oxygen atoms in total. The van der Waals surface area contributed by atoms with Gasteiger partial charge in [-0.15, -0.1) is 0 Å². The van der Waals surface area contributed by atoms with E-state index in [-0.39, 0.29) is 17.4 Å². The van der Waals surface area contributed by atoms with Crippen LogP contribution in [-0.2, 0) is 6.42 Å². The molecule has 102 valence electrons. The van der Waals surface area contributed by atoms with Gasteiger partial charge in [-0.1, -0.05) is 6.92 Å². The Morgan fingerprint density at radius 1 is 1.53 bits per heavy atom. The third-order valence-electron chi connectivity index (χ3n) is 4.19. The fraction of sp³-hybridized carbons (Fsp3) is 0.500. The number of nitrogens with zero attached hydrogens (tertiary/aromatic N) is 1. The second-order valence-electron chi connectivity index (χ2n) is 5.57. The SMILES string of the molecule is C[C@H]1C[C@H]2c3c(F)cc(C(=O)NO)cc3CCN2C1. The van der Waals surface area contributed by atoms with Gasteiger partial charge in [0.1, 0.15) is 5.82 Å². The van der Waals surface area contributed by atoms with E-state index in [9.17, 15) is 9.18 Å². The number of nitrogens with one attached hydrogen (secondary N) is 1. The largest absolute Gasteiger partial charge is 0.296 e. The van der Waals surface area contributed by atoms with Gasteiger partial charge in [-0.25, -0.2) is 9.87 Å². The third kappa shape index (κ3) is 2.03. The van der Waals surface area contributed by atoms with Gasteiger partial charge < -0.3 is 0 Å². The highest BCUT2D eigenvalue weighted by Crippen LogP contribution is 2.41. The molecular formula is C14H17FN2O2. The Labute approximate surface area is 111 Å². The minimum absolute atomic E-state index is 0.144. The van der Waals surface area contributed by atoms with Crippen LogP contribution in [0.3, 0.4) is 0 Å². The van der Waals surface area contributed by atoms with Crippen LogP contribution in [0.25, 0.3) is 0 Å². The number of hydroxylamine groups is 1. The predicted molar refractivity (Wildman–Crippen MR) is 67.5 cm³/mol. The van der Waals surface area contributed by atoms with Gasteiger partial charge in [0.2, 0.25) is 0 Å². The minimum atomic E-state index is -0.663. The van der Waals surface area contributed by atoms with Crippen molar-refractivity contribution < 1.29 is 14.4 Å². The first-order valence-electron chi connectivity index (χ1n) is 6.61. The maximum atomic E-state index is 14.3. The van der Waals surface area contributed by atoms with Crippen molar-refractivity contribution in [3.63, 3.8) is 0 Å². The summed E-state index contributed by atoms with van der Waals surface area (Å²) in [5, 5.41) is 8.64. The molecule has 1 fully saturated rings. The number of rotatable bonds is 1. The first-order chi connectivity index (χ1) is 9.10. The van der Waals surface area contributed by atoms with Crippen LogP contribution in [0, 0.1) is 11.7 Å². The van der Waals surface area contributed by atoms with Gasteiger partial charge in [0.05, 0.1) is 0 Å². The van der Waals surface area contributed by atoms with Crippen molar-refractivity contribution >= 4 is 5.91 Å². The highest BCUT2D eigenvalue weighted by Gasteiger charge is 2.36. The van der Waals surface area contributed by atoms with E-state index in [2.05, 4.69) is 11.8 Å². The van der Waals surface area contributed by atoms with Crippen LogP contribution in [0.1, 0.15) is 40.9 Å². The normalized spacial score (nSPS) is 25.8. The molecule has 1 aromatic carbocycles. The molecule has 1 saturated heterocycles. The Kier molecular flexibility index (Phi) is 3.03. The van der Waals surface area contributed by atoms with Crippen molar-refractivity contribution in [2.75, 3.05) is 13.1 Å². The average molecular weight is 264 g/mol. The molecule has 0 spiro atoms. The van der Waals surface area contributed by atoms with Crippen molar-refractivity contribution in [1.29, 1.82) is 0 Å². The lowest BCUT2D eigenvalue weighted by molar-refractivity contribution is 0.0705. The highest BCUT2D eigenvalue weighted by molar-refractivity contribution is 5.93. The summed E-state index contributed by atoms with van der Waals surface area (Å²) < 4.78 is 14.3. The summed E-state index contributed by atoms with van der Waals surface area (Å²) in [5.41, 5.74) is 3.37. The van der Waals surface area contributed by atoms with Crippen molar-refractivity contribution in [2.24, 2.45) is 5.92 Å². The molecule has 5 heteroatoms. The first-order valence-corrected chi connectivity index (χ1v) is 6.61. The zero-order valence-electron chi connectivity index (χ0n) is 10.8. The lowest BCUT2D eigenvalue weighted by Gasteiger charge is -2.32. The second kappa shape index (κ2) is 4.58. The average Bonchev–Trinajstić information content (AvgIpc) is 2.77. The van der Waals surface area contributed by atoms with E-state index in [1.54, 1.807) is 11.5 Å². The number of hydrogen-bond donors (Lipinski definition) is 2. The third-order valence-corrected chi connectivity index (χ3v) is 4.19. The van der Waals surface area contributed by atoms with Crippen molar-refractivity contribution in [3.05, 3.63) is 34.6 Å². The fourth-order valence-corrected chi connectivity index (χ4v) is 3.39. The molecule has 0 aromatic heterocycles. The lowest BCUT2D eigenvalue weighted by Crippen LogP contribution is -2.32. The van der Waals surface area contributed by atoms with E-state index < -0.39 is 5.91 Å². The van der Waals surface area contributed by atoms with Crippen molar-refractivity contribution in [3.8, 4) is 0 Å². The smallest absolute Gasteiger partial charge is 0.274 e. The van der Waals surface area contributed by atoms with Crippen LogP contribution in [0.4, 0.5) is 4.39 Å². The van der Waals surface area contributed by atoms with Crippen LogP contribution in [0.2, 0.25) is 0 Å². The van der Waals surface area contributed by atoms with Gasteiger partial charge >= 0.3 is 0 Å². The number of benzene rings is 1. The molecule has 3 rings (SSSR count). The second-order valence-corrected chi connectivity index (χ2v) is 5.57. The molecule has 0 aliphatic carbocycles. The van der Waals surface area contributed by atoms with Crippen LogP contribution < -0.4 is 5.48 Å². The first kappa shape index (κ1) is 12.6. The standard InChI is InChI=1S/C14H17FN2O2/c1-8-4-12-13-9(2-3-17(12)7-8)5-10(6-11(13)15)14(18)16-19/h5-6,8,12,19H,2-4,7H2,1H3,(H,16,18)/t8-,12-/m0/s1. The lowest BCUT2D eigenvalue weighted by atomic mass is 9.89. The zero-order chi connectivity index (χ0) is 13.6. The molecule has 2 aliphatic rings. The number of fused-ring (bicyclic) bond motifs is 3. The number of amides is 1. The van der Waals surface area contributed by atoms with E-state index in [1.807, 2.05) is 0 Å². The quantitative estimate of drug-likeness (QED) is 0.601. The van der Waals surface area contributed by atoms with Crippen molar-refractivity contribution in [2.45, 2.75) is 25.8 Å². The van der Waals surface area contributed by atoms with E-state index in [0.717, 1.165) is 37.1 Å². The molecule has 0 radical (unpaired) electrons. The van der Waals surface area contributed by atoms with Gasteiger partial charge in [-0.3, -0.25) is 14.9 Å². The maximum Gasteiger partial charge on any atom is 0.274 e. The van der Waals surface area contributed by atoms with Crippen LogP contribution >= 0.6 is 0 Å². The summed E-state index contributed by atoms with van der Waals surface area (Å²) in [6.07, 6.45) is 1.72. The summed E-state index contributed by atoms with van der Waals surface area (Å²) in [5.74, 6) is -0.417. The highest BCUT2D eigenvalue weighted by atomic mass is 19.1. The van der Waals surface area contributed by atoms with Gasteiger partial charge in [0.25, 0.3) is 5.91 Å². The molecule has 1 aromatic rings. The maximum absolute atomic E-state index is 14.3. The zero-order valence-corrected chi connectivity index (χ0v) is 10.8. The number of hydrogen-bond acceptors (Lipinski definition) is 3. The molecule has 2 atom stereocenters. The summed E-state index contributed by atoms with van der Waals surface area (Å²) in [4.78, 5) is 13.7. The molecule has 1 amide bonds. The van der Waals surface area contributed by atoms with Crippen LogP contribution in [0.5, 0.6) is 0 Å². The molecule has 19 heavy (non-hydrogen) atoms. The topological polar surface area (TPSA) is 52.6 Å². The molecule has 2 aliphatic heterocycles. The van der Waals surface area contributed by atoms with Gasteiger partial charge in [0, 0.05) is 30.3 Å². The van der Waals surface area contributed by atoms with Crippen LogP contribution in [0.15, 0.2) is 12.1 Å². The van der Waals surface area contributed by atoms with E-state index in [4.69, 9.17) is 5.21 Å². The van der Waals surface area contributed by atoms with Crippen LogP contribution in [-0.4, -0.2) is 29.1 Å². The predicted octanol–water partition coefficient (Wildman–Crippen LogP) is 1.88. The number of halogens is 1. The Morgan fingerprint density at radius 2 is 2.32 bits per heavy atom. The van der Waals surface area contributed by atoms with Gasteiger partial charge in [-0.05, 0) is 36.5 Å². The van der Waals surface area contributed by atoms with E-state index in [1.165, 1.54) is 6.07 Å². The Hall–Kier alpha value is -1.46. The van der Waals surface area contributed by atoms with E-state index >= 15 is 0 Å². The molecule has 0 saturated carbocycles. The molecule has 2 heterocycles. The number of carbonyl (C=O) groups is 1. The molecule has 2 N–H and O–H groups in total. The Bertz CT molecular complexity index is 532. The molecule has 0 unspecified atom stereocenters. The summed E-state index contributed by atoms with van der Waals surface area (Å²) in [6.45, 7) is 4.11. The summed E-state index contributed by atoms with van der Waals surface area (Å²) in [7, 11) is 0. The monoisotopic (exact) mass is 264 g/mol. The minimum Gasteiger partial charge on any atom is -0.296 e. The number of carbonyl (C=O) groups excluding carboxylic acids is 1. The molecular weight excluding hydrogens is 247 g/mol. The summed E-state index contributed by atoms with van der Waals surface area (Å²) >= 11 is 0. The Balaban J connectivity index is 2.03. The summed E-state index contributed by atoms with van der Waals surface area (Å²) in [6, 6.07) is 3.06. The van der Waals surface area contributed by atoms with Gasteiger partial charge in [0.15, 0.2) is 0 Å². The fourth-order valence-electron chi connectivity index (χ4n) is 3.39. The van der Waals surface area contributed by atoms with Gasteiger partial charge in [-0.2, -0.15) is 0 Å².